The van der Waals surface area contributed by atoms with Gasteiger partial charge in [0.05, 0.1) is 18.9 Å². The van der Waals surface area contributed by atoms with Crippen LogP contribution in [-0.4, -0.2) is 34.6 Å². The molecule has 0 amide bonds. The summed E-state index contributed by atoms with van der Waals surface area (Å²) in [6, 6.07) is 0. The molecule has 0 spiro atoms. The first-order valence-electron chi connectivity index (χ1n) is 5.50. The van der Waals surface area contributed by atoms with Crippen molar-refractivity contribution in [2.45, 2.75) is 31.3 Å². The number of hydrogen-bond acceptors (Lipinski definition) is 4. The lowest BCUT2D eigenvalue weighted by Gasteiger charge is -2.44. The number of ether oxygens (including phenoxy) is 1. The second-order valence-electron chi connectivity index (χ2n) is 4.64. The van der Waals surface area contributed by atoms with Crippen LogP contribution in [0.2, 0.25) is 0 Å². The maximum absolute atomic E-state index is 9.51. The third-order valence-corrected chi connectivity index (χ3v) is 3.54. The summed E-state index contributed by atoms with van der Waals surface area (Å²) in [6.07, 6.45) is 1.16. The van der Waals surface area contributed by atoms with Gasteiger partial charge < -0.3 is 15.6 Å². The van der Waals surface area contributed by atoms with Crippen molar-refractivity contribution in [3.63, 3.8) is 0 Å². The van der Waals surface area contributed by atoms with E-state index < -0.39 is 0 Å². The van der Waals surface area contributed by atoms with Gasteiger partial charge in [-0.2, -0.15) is 5.10 Å². The van der Waals surface area contributed by atoms with Crippen LogP contribution in [0.4, 0.5) is 0 Å². The van der Waals surface area contributed by atoms with E-state index in [2.05, 4.69) is 5.10 Å². The quantitative estimate of drug-likeness (QED) is 0.764. The first-order chi connectivity index (χ1) is 7.54. The van der Waals surface area contributed by atoms with Crippen LogP contribution in [0.3, 0.4) is 0 Å². The monoisotopic (exact) mass is 225 g/mol. The minimum atomic E-state index is -0.243. The Kier molecular flexibility index (Phi) is 2.67. The average Bonchev–Trinajstić information content (AvgIpc) is 2.48. The fraction of sp³-hybridized carbons (Fsp3) is 0.727. The van der Waals surface area contributed by atoms with Gasteiger partial charge in [-0.05, 0) is 19.8 Å². The first kappa shape index (κ1) is 11.4. The van der Waals surface area contributed by atoms with Crippen LogP contribution in [-0.2, 0) is 12.5 Å². The minimum absolute atomic E-state index is 0.150. The van der Waals surface area contributed by atoms with E-state index >= 15 is 0 Å². The topological polar surface area (TPSA) is 73.3 Å². The van der Waals surface area contributed by atoms with E-state index in [4.69, 9.17) is 10.5 Å². The third-order valence-electron chi connectivity index (χ3n) is 3.54. The van der Waals surface area contributed by atoms with Crippen LogP contribution in [0.1, 0.15) is 24.1 Å². The van der Waals surface area contributed by atoms with E-state index in [1.54, 1.807) is 11.8 Å². The van der Waals surface area contributed by atoms with Crippen molar-refractivity contribution in [1.29, 1.82) is 0 Å². The molecular formula is C11H19N3O2. The second-order valence-corrected chi connectivity index (χ2v) is 4.64. The Labute approximate surface area is 95.2 Å². The molecule has 1 saturated carbocycles. The number of methoxy groups -OCH3 is 1. The van der Waals surface area contributed by atoms with E-state index in [9.17, 15) is 5.11 Å². The van der Waals surface area contributed by atoms with E-state index in [0.29, 0.717) is 19.4 Å². The molecule has 1 heterocycles. The molecule has 5 heteroatoms. The van der Waals surface area contributed by atoms with Crippen molar-refractivity contribution < 1.29 is 9.84 Å². The predicted octanol–water partition coefficient (Wildman–Crippen LogP) is 0.0883. The second kappa shape index (κ2) is 3.75. The number of rotatable bonds is 3. The molecule has 0 atom stereocenters. The van der Waals surface area contributed by atoms with Crippen molar-refractivity contribution in [1.82, 2.24) is 9.78 Å². The van der Waals surface area contributed by atoms with Crippen LogP contribution in [0, 0.1) is 6.92 Å². The van der Waals surface area contributed by atoms with Crippen molar-refractivity contribution >= 4 is 0 Å². The normalized spacial score (nSPS) is 28.9. The molecular weight excluding hydrogens is 206 g/mol. The summed E-state index contributed by atoms with van der Waals surface area (Å²) in [5, 5.41) is 13.9. The number of aryl methyl sites for hydroxylation is 2. The Hall–Kier alpha value is -1.07. The summed E-state index contributed by atoms with van der Waals surface area (Å²) in [5.41, 5.74) is 7.71. The van der Waals surface area contributed by atoms with E-state index in [1.807, 2.05) is 14.0 Å². The highest BCUT2D eigenvalue weighted by atomic mass is 16.5. The molecule has 1 fully saturated rings. The molecule has 0 radical (unpaired) electrons. The number of aromatic nitrogens is 2. The van der Waals surface area contributed by atoms with Gasteiger partial charge in [0.2, 0.25) is 5.88 Å². The highest BCUT2D eigenvalue weighted by Crippen LogP contribution is 2.47. The van der Waals surface area contributed by atoms with E-state index in [1.165, 1.54) is 0 Å². The summed E-state index contributed by atoms with van der Waals surface area (Å²) in [4.78, 5) is 0. The Morgan fingerprint density at radius 1 is 1.62 bits per heavy atom. The molecule has 1 aliphatic carbocycles. The summed E-state index contributed by atoms with van der Waals surface area (Å²) in [5.74, 6) is 0.759. The van der Waals surface area contributed by atoms with E-state index in [0.717, 1.165) is 17.1 Å². The van der Waals surface area contributed by atoms with E-state index in [-0.39, 0.29) is 11.5 Å². The molecule has 0 bridgehead atoms. The molecule has 1 aliphatic rings. The summed E-state index contributed by atoms with van der Waals surface area (Å²) in [6.45, 7) is 2.48. The maximum Gasteiger partial charge on any atom is 0.215 e. The number of nitrogens with zero attached hydrogens (tertiary/aromatic N) is 2. The SMILES string of the molecule is COc1c(C2(CN)CC(O)C2)c(C)nn1C. The van der Waals surface area contributed by atoms with Crippen molar-refractivity contribution in [2.75, 3.05) is 13.7 Å². The Bertz CT molecular complexity index is 394. The zero-order valence-corrected chi connectivity index (χ0v) is 10.0. The van der Waals surface area contributed by atoms with Crippen molar-refractivity contribution in [2.24, 2.45) is 12.8 Å². The van der Waals surface area contributed by atoms with Crippen LogP contribution >= 0.6 is 0 Å². The zero-order valence-electron chi connectivity index (χ0n) is 10.0. The number of aliphatic hydroxyl groups is 1. The van der Waals surface area contributed by atoms with Crippen LogP contribution < -0.4 is 10.5 Å². The van der Waals surface area contributed by atoms with Crippen LogP contribution in [0.25, 0.3) is 0 Å². The maximum atomic E-state index is 9.51. The van der Waals surface area contributed by atoms with Gasteiger partial charge in [-0.1, -0.05) is 0 Å². The number of nitrogens with two attached hydrogens (primary N) is 1. The van der Waals surface area contributed by atoms with Gasteiger partial charge in [0, 0.05) is 24.6 Å². The fourth-order valence-corrected chi connectivity index (χ4v) is 2.80. The van der Waals surface area contributed by atoms with Crippen molar-refractivity contribution in [3.05, 3.63) is 11.3 Å². The summed E-state index contributed by atoms with van der Waals surface area (Å²) < 4.78 is 7.11. The lowest BCUT2D eigenvalue weighted by molar-refractivity contribution is 0.0207. The van der Waals surface area contributed by atoms with Gasteiger partial charge >= 0.3 is 0 Å². The van der Waals surface area contributed by atoms with Gasteiger partial charge in [-0.25, -0.2) is 4.68 Å². The van der Waals surface area contributed by atoms with Crippen molar-refractivity contribution in [3.8, 4) is 5.88 Å². The Balaban J connectivity index is 2.46. The molecule has 5 nitrogen and oxygen atoms in total. The smallest absolute Gasteiger partial charge is 0.215 e. The molecule has 90 valence electrons. The van der Waals surface area contributed by atoms with Gasteiger partial charge in [-0.15, -0.1) is 0 Å². The standard InChI is InChI=1S/C11H19N3O2/c1-7-9(10(16-3)14(2)13-7)11(6-12)4-8(15)5-11/h8,15H,4-6,12H2,1-3H3. The van der Waals surface area contributed by atoms with Gasteiger partial charge in [0.15, 0.2) is 0 Å². The molecule has 1 aromatic rings. The summed E-state index contributed by atoms with van der Waals surface area (Å²) in [7, 11) is 3.49. The lowest BCUT2D eigenvalue weighted by Crippen LogP contribution is -2.50. The predicted molar refractivity (Wildman–Crippen MR) is 60.5 cm³/mol. The highest BCUT2D eigenvalue weighted by molar-refractivity contribution is 5.41. The lowest BCUT2D eigenvalue weighted by atomic mass is 9.62. The molecule has 0 unspecified atom stereocenters. The zero-order chi connectivity index (χ0) is 11.9. The van der Waals surface area contributed by atoms with Crippen LogP contribution in [0.5, 0.6) is 5.88 Å². The number of aliphatic hydroxyl groups excluding tert-OH is 1. The minimum Gasteiger partial charge on any atom is -0.481 e. The van der Waals surface area contributed by atoms with Gasteiger partial charge in [-0.3, -0.25) is 0 Å². The van der Waals surface area contributed by atoms with Gasteiger partial charge in [0.25, 0.3) is 0 Å². The molecule has 0 aromatic carbocycles. The Morgan fingerprint density at radius 3 is 2.69 bits per heavy atom. The summed E-state index contributed by atoms with van der Waals surface area (Å²) >= 11 is 0. The molecule has 2 rings (SSSR count). The van der Waals surface area contributed by atoms with Crippen LogP contribution in [0.15, 0.2) is 0 Å². The Morgan fingerprint density at radius 2 is 2.25 bits per heavy atom. The highest BCUT2D eigenvalue weighted by Gasteiger charge is 2.47. The van der Waals surface area contributed by atoms with Gasteiger partial charge in [0.1, 0.15) is 0 Å². The third kappa shape index (κ3) is 1.43. The average molecular weight is 225 g/mol. The fourth-order valence-electron chi connectivity index (χ4n) is 2.80. The molecule has 16 heavy (non-hydrogen) atoms. The largest absolute Gasteiger partial charge is 0.481 e. The number of hydrogen-bond donors (Lipinski definition) is 2. The molecule has 1 aromatic heterocycles. The molecule has 0 aliphatic heterocycles. The molecule has 0 saturated heterocycles. The molecule has 3 N–H and O–H groups in total. The first-order valence-corrected chi connectivity index (χ1v) is 5.50.